The summed E-state index contributed by atoms with van der Waals surface area (Å²) in [5, 5.41) is 3.31. The Bertz CT molecular complexity index is 668. The Morgan fingerprint density at radius 1 is 1.30 bits per heavy atom. The number of halogens is 1. The van der Waals surface area contributed by atoms with Crippen LogP contribution >= 0.6 is 11.3 Å². The zero-order chi connectivity index (χ0) is 16.1. The van der Waals surface area contributed by atoms with E-state index in [9.17, 15) is 14.0 Å². The molecule has 4 rings (SSSR count). The molecule has 0 aliphatic heterocycles. The molecule has 1 aromatic rings. The van der Waals surface area contributed by atoms with Crippen molar-refractivity contribution in [2.45, 2.75) is 57.0 Å². The highest BCUT2D eigenvalue weighted by atomic mass is 32.1. The van der Waals surface area contributed by atoms with Gasteiger partial charge in [-0.2, -0.15) is 0 Å². The number of carbonyl (C=O) groups excluding carboxylic acids is 2. The fourth-order valence-corrected chi connectivity index (χ4v) is 5.06. The Kier molecular flexibility index (Phi) is 3.67. The largest absolute Gasteiger partial charge is 0.365 e. The number of alkyl halides is 1. The van der Waals surface area contributed by atoms with Crippen molar-refractivity contribution in [1.82, 2.24) is 0 Å². The van der Waals surface area contributed by atoms with Gasteiger partial charge in [0.15, 0.2) is 0 Å². The molecule has 1 unspecified atom stereocenters. The minimum atomic E-state index is -1.04. The van der Waals surface area contributed by atoms with Gasteiger partial charge in [-0.25, -0.2) is 4.39 Å². The topological polar surface area (TPSA) is 72.2 Å². The maximum atomic E-state index is 13.1. The summed E-state index contributed by atoms with van der Waals surface area (Å²) in [6.45, 7) is 0. The lowest BCUT2D eigenvalue weighted by Gasteiger charge is -2.23. The average molecular weight is 336 g/mol. The summed E-state index contributed by atoms with van der Waals surface area (Å²) in [6, 6.07) is 0. The van der Waals surface area contributed by atoms with Crippen molar-refractivity contribution in [2.75, 3.05) is 5.32 Å². The zero-order valence-electron chi connectivity index (χ0n) is 12.9. The number of thiophene rings is 1. The summed E-state index contributed by atoms with van der Waals surface area (Å²) in [4.78, 5) is 25.3. The number of rotatable bonds is 5. The molecule has 3 atom stereocenters. The van der Waals surface area contributed by atoms with Gasteiger partial charge in [-0.3, -0.25) is 9.59 Å². The Balaban J connectivity index is 1.65. The third-order valence-corrected chi connectivity index (χ3v) is 6.41. The second kappa shape index (κ2) is 5.58. The van der Waals surface area contributed by atoms with E-state index in [4.69, 9.17) is 5.73 Å². The minimum absolute atomic E-state index is 0.285. The quantitative estimate of drug-likeness (QED) is 0.865. The van der Waals surface area contributed by atoms with E-state index in [0.29, 0.717) is 16.5 Å². The number of hydrogen-bond donors (Lipinski definition) is 2. The maximum absolute atomic E-state index is 13.1. The van der Waals surface area contributed by atoms with Crippen LogP contribution in [0.2, 0.25) is 0 Å². The van der Waals surface area contributed by atoms with E-state index in [1.54, 1.807) is 0 Å². The number of nitrogens with two attached hydrogens (primary N) is 1. The number of primary amides is 1. The molecule has 1 heterocycles. The number of anilines is 1. The Morgan fingerprint density at radius 2 is 2.04 bits per heavy atom. The van der Waals surface area contributed by atoms with Crippen LogP contribution in [0.5, 0.6) is 0 Å². The molecule has 3 aliphatic rings. The first-order valence-electron chi connectivity index (χ1n) is 8.45. The molecule has 6 heteroatoms. The van der Waals surface area contributed by atoms with Crippen LogP contribution in [0.1, 0.15) is 65.2 Å². The summed E-state index contributed by atoms with van der Waals surface area (Å²) >= 11 is 1.46. The molecule has 2 amide bonds. The molecule has 23 heavy (non-hydrogen) atoms. The first kappa shape index (κ1) is 15.1. The monoisotopic (exact) mass is 336 g/mol. The third-order valence-electron chi connectivity index (χ3n) is 5.23. The van der Waals surface area contributed by atoms with Gasteiger partial charge >= 0.3 is 0 Å². The van der Waals surface area contributed by atoms with Crippen LogP contribution in [-0.4, -0.2) is 18.0 Å². The fourth-order valence-electron chi connectivity index (χ4n) is 3.73. The van der Waals surface area contributed by atoms with Crippen molar-refractivity contribution in [3.63, 3.8) is 0 Å². The highest BCUT2D eigenvalue weighted by Gasteiger charge is 2.44. The predicted octanol–water partition coefficient (Wildman–Crippen LogP) is 3.36. The number of aryl methyl sites for hydroxylation is 1. The van der Waals surface area contributed by atoms with Gasteiger partial charge in [-0.15, -0.1) is 11.3 Å². The van der Waals surface area contributed by atoms with Gasteiger partial charge in [0.2, 0.25) is 5.91 Å². The SMILES string of the molecule is NC(=O)c1c(NC(=O)[C@H]2C[C@H]2F)sc2c1C(CC1CC1)CCC2. The van der Waals surface area contributed by atoms with Crippen LogP contribution in [-0.2, 0) is 11.2 Å². The van der Waals surface area contributed by atoms with Crippen molar-refractivity contribution in [3.8, 4) is 0 Å². The van der Waals surface area contributed by atoms with Crippen LogP contribution in [0.3, 0.4) is 0 Å². The molecule has 3 N–H and O–H groups in total. The van der Waals surface area contributed by atoms with Gasteiger partial charge in [-0.05, 0) is 49.5 Å². The minimum Gasteiger partial charge on any atom is -0.365 e. The molecule has 0 radical (unpaired) electrons. The molecule has 124 valence electrons. The van der Waals surface area contributed by atoms with E-state index in [-0.39, 0.29) is 12.3 Å². The molecule has 2 saturated carbocycles. The summed E-state index contributed by atoms with van der Waals surface area (Å²) in [7, 11) is 0. The van der Waals surface area contributed by atoms with E-state index < -0.39 is 18.0 Å². The summed E-state index contributed by atoms with van der Waals surface area (Å²) in [5.74, 6) is -0.198. The lowest BCUT2D eigenvalue weighted by atomic mass is 9.81. The summed E-state index contributed by atoms with van der Waals surface area (Å²) < 4.78 is 13.1. The van der Waals surface area contributed by atoms with Crippen molar-refractivity contribution < 1.29 is 14.0 Å². The van der Waals surface area contributed by atoms with Crippen molar-refractivity contribution in [1.29, 1.82) is 0 Å². The van der Waals surface area contributed by atoms with E-state index in [1.165, 1.54) is 29.1 Å². The van der Waals surface area contributed by atoms with Gasteiger partial charge < -0.3 is 11.1 Å². The molecule has 2 fully saturated rings. The molecule has 3 aliphatic carbocycles. The molecule has 0 aromatic carbocycles. The summed E-state index contributed by atoms with van der Waals surface area (Å²) in [5.41, 5.74) is 7.19. The highest BCUT2D eigenvalue weighted by molar-refractivity contribution is 7.17. The second-order valence-corrected chi connectivity index (χ2v) is 8.23. The van der Waals surface area contributed by atoms with Crippen LogP contribution in [0, 0.1) is 11.8 Å². The Morgan fingerprint density at radius 3 is 2.65 bits per heavy atom. The smallest absolute Gasteiger partial charge is 0.252 e. The fraction of sp³-hybridized carbons (Fsp3) is 0.647. The average Bonchev–Trinajstić information content (AvgIpc) is 3.39. The predicted molar refractivity (Wildman–Crippen MR) is 87.5 cm³/mol. The molecule has 0 spiro atoms. The first-order chi connectivity index (χ1) is 11.0. The molecule has 0 saturated heterocycles. The molecular weight excluding hydrogens is 315 g/mol. The number of fused-ring (bicyclic) bond motifs is 1. The number of hydrogen-bond acceptors (Lipinski definition) is 3. The number of carbonyl (C=O) groups is 2. The summed E-state index contributed by atoms with van der Waals surface area (Å²) in [6.07, 6.45) is 6.07. The lowest BCUT2D eigenvalue weighted by Crippen LogP contribution is -2.21. The Hall–Kier alpha value is -1.43. The highest BCUT2D eigenvalue weighted by Crippen LogP contribution is 2.49. The zero-order valence-corrected chi connectivity index (χ0v) is 13.8. The third kappa shape index (κ3) is 2.89. The van der Waals surface area contributed by atoms with Gasteiger partial charge in [0, 0.05) is 4.88 Å². The van der Waals surface area contributed by atoms with Crippen LogP contribution in [0.4, 0.5) is 9.39 Å². The van der Waals surface area contributed by atoms with Crippen LogP contribution in [0.25, 0.3) is 0 Å². The number of amides is 2. The molecule has 1 aromatic heterocycles. The standard InChI is InChI=1S/C17H21FN2O2S/c18-11-7-10(11)16(22)20-17-14(15(19)21)13-9(6-8-4-5-8)2-1-3-12(13)23-17/h8-11H,1-7H2,(H2,19,21)(H,20,22)/t9?,10-,11+/m0/s1. The molecule has 4 nitrogen and oxygen atoms in total. The van der Waals surface area contributed by atoms with Crippen molar-refractivity contribution >= 4 is 28.2 Å². The first-order valence-corrected chi connectivity index (χ1v) is 9.26. The van der Waals surface area contributed by atoms with Crippen LogP contribution < -0.4 is 11.1 Å². The maximum Gasteiger partial charge on any atom is 0.252 e. The molecule has 0 bridgehead atoms. The van der Waals surface area contributed by atoms with Crippen molar-refractivity contribution in [3.05, 3.63) is 16.0 Å². The second-order valence-electron chi connectivity index (χ2n) is 7.12. The normalized spacial score (nSPS) is 29.0. The van der Waals surface area contributed by atoms with Gasteiger partial charge in [-0.1, -0.05) is 12.8 Å². The van der Waals surface area contributed by atoms with Gasteiger partial charge in [0.1, 0.15) is 11.2 Å². The van der Waals surface area contributed by atoms with E-state index in [0.717, 1.165) is 37.2 Å². The van der Waals surface area contributed by atoms with Crippen LogP contribution in [0.15, 0.2) is 0 Å². The lowest BCUT2D eigenvalue weighted by molar-refractivity contribution is -0.117. The number of nitrogens with one attached hydrogen (secondary N) is 1. The van der Waals surface area contributed by atoms with E-state index in [2.05, 4.69) is 5.32 Å². The van der Waals surface area contributed by atoms with E-state index in [1.807, 2.05) is 0 Å². The van der Waals surface area contributed by atoms with E-state index >= 15 is 0 Å². The van der Waals surface area contributed by atoms with Gasteiger partial charge in [0.05, 0.1) is 11.5 Å². The van der Waals surface area contributed by atoms with Crippen molar-refractivity contribution in [2.24, 2.45) is 17.6 Å². The Labute approximate surface area is 138 Å². The molecular formula is C17H21FN2O2S. The van der Waals surface area contributed by atoms with Gasteiger partial charge in [0.25, 0.3) is 5.91 Å².